The summed E-state index contributed by atoms with van der Waals surface area (Å²) in [5.74, 6) is 1.68. The van der Waals surface area contributed by atoms with Gasteiger partial charge in [0.15, 0.2) is 0 Å². The first kappa shape index (κ1) is 22.9. The van der Waals surface area contributed by atoms with Crippen LogP contribution in [-0.4, -0.2) is 52.7 Å². The molecule has 1 saturated heterocycles. The summed E-state index contributed by atoms with van der Waals surface area (Å²) in [5.41, 5.74) is 4.23. The highest BCUT2D eigenvalue weighted by Gasteiger charge is 2.31. The van der Waals surface area contributed by atoms with Crippen LogP contribution in [0.5, 0.6) is 5.75 Å². The van der Waals surface area contributed by atoms with Crippen molar-refractivity contribution in [2.24, 2.45) is 0 Å². The van der Waals surface area contributed by atoms with Gasteiger partial charge in [-0.1, -0.05) is 30.3 Å². The molecular formula is C26H33N5O2. The number of hydrogen-bond donors (Lipinski definition) is 2. The number of piperidine rings is 1. The summed E-state index contributed by atoms with van der Waals surface area (Å²) in [6, 6.07) is 18.0. The predicted octanol–water partition coefficient (Wildman–Crippen LogP) is 4.55. The maximum atomic E-state index is 12.9. The van der Waals surface area contributed by atoms with E-state index in [0.29, 0.717) is 13.1 Å². The summed E-state index contributed by atoms with van der Waals surface area (Å²) in [6.45, 7) is 4.29. The molecule has 0 spiro atoms. The highest BCUT2D eigenvalue weighted by atomic mass is 16.5. The fourth-order valence-corrected chi connectivity index (χ4v) is 4.48. The van der Waals surface area contributed by atoms with Gasteiger partial charge in [0.2, 0.25) is 0 Å². The van der Waals surface area contributed by atoms with E-state index in [1.807, 2.05) is 47.4 Å². The minimum absolute atomic E-state index is 0.0273. The van der Waals surface area contributed by atoms with Crippen molar-refractivity contribution in [3.8, 4) is 17.1 Å². The molecule has 7 heteroatoms. The zero-order chi connectivity index (χ0) is 23.2. The Labute approximate surface area is 195 Å². The Morgan fingerprint density at radius 1 is 1.18 bits per heavy atom. The second-order valence-electron chi connectivity index (χ2n) is 8.50. The van der Waals surface area contributed by atoms with Crippen molar-refractivity contribution in [3.05, 3.63) is 71.5 Å². The first-order chi connectivity index (χ1) is 16.1. The zero-order valence-electron chi connectivity index (χ0n) is 19.7. The molecule has 3 aromatic rings. The van der Waals surface area contributed by atoms with Gasteiger partial charge in [-0.3, -0.25) is 4.90 Å². The number of amides is 2. The van der Waals surface area contributed by atoms with Crippen LogP contribution in [0.2, 0.25) is 0 Å². The minimum Gasteiger partial charge on any atom is -0.497 e. The molecule has 2 aromatic carbocycles. The van der Waals surface area contributed by atoms with Crippen LogP contribution in [0.15, 0.2) is 54.6 Å². The van der Waals surface area contributed by atoms with Crippen LogP contribution < -0.4 is 10.1 Å². The largest absolute Gasteiger partial charge is 0.497 e. The Bertz CT molecular complexity index is 1050. The summed E-state index contributed by atoms with van der Waals surface area (Å²) >= 11 is 0. The summed E-state index contributed by atoms with van der Waals surface area (Å²) in [4.78, 5) is 25.6. The lowest BCUT2D eigenvalue weighted by atomic mass is 10.1. The molecule has 1 aromatic heterocycles. The van der Waals surface area contributed by atoms with Gasteiger partial charge in [-0.15, -0.1) is 0 Å². The number of carbonyl (C=O) groups is 1. The molecule has 2 N–H and O–H groups in total. The zero-order valence-corrected chi connectivity index (χ0v) is 19.7. The third-order valence-electron chi connectivity index (χ3n) is 6.31. The molecule has 4 rings (SSSR count). The molecule has 1 aliphatic rings. The molecule has 1 unspecified atom stereocenters. The van der Waals surface area contributed by atoms with E-state index in [2.05, 4.69) is 34.3 Å². The van der Waals surface area contributed by atoms with E-state index in [1.54, 1.807) is 14.2 Å². The number of aromatic amines is 1. The molecule has 1 fully saturated rings. The summed E-state index contributed by atoms with van der Waals surface area (Å²) in [6.07, 6.45) is 3.22. The van der Waals surface area contributed by atoms with Crippen LogP contribution >= 0.6 is 0 Å². The Balaban J connectivity index is 1.55. The third kappa shape index (κ3) is 5.37. The topological polar surface area (TPSA) is 73.5 Å². The van der Waals surface area contributed by atoms with Crippen LogP contribution in [-0.2, 0) is 13.1 Å². The van der Waals surface area contributed by atoms with Crippen LogP contribution in [0, 0.1) is 6.92 Å². The van der Waals surface area contributed by atoms with Crippen molar-refractivity contribution < 1.29 is 9.53 Å². The lowest BCUT2D eigenvalue weighted by Crippen LogP contribution is -2.54. The van der Waals surface area contributed by atoms with Crippen molar-refractivity contribution in [2.75, 3.05) is 20.7 Å². The fraction of sp³-hybridized carbons (Fsp3) is 0.385. The maximum Gasteiger partial charge on any atom is 0.318 e. The van der Waals surface area contributed by atoms with Crippen LogP contribution in [0.4, 0.5) is 4.79 Å². The molecule has 0 saturated carbocycles. The van der Waals surface area contributed by atoms with Gasteiger partial charge in [-0.05, 0) is 56.0 Å². The first-order valence-electron chi connectivity index (χ1n) is 11.5. The molecular weight excluding hydrogens is 414 g/mol. The number of carbonyl (C=O) groups excluding carboxylic acids is 1. The molecule has 174 valence electrons. The second kappa shape index (κ2) is 10.5. The number of urea groups is 1. The average molecular weight is 448 g/mol. The van der Waals surface area contributed by atoms with Crippen molar-refractivity contribution in [1.82, 2.24) is 25.1 Å². The Hall–Kier alpha value is -3.32. The molecule has 0 bridgehead atoms. The van der Waals surface area contributed by atoms with E-state index < -0.39 is 0 Å². The van der Waals surface area contributed by atoms with Gasteiger partial charge in [0.1, 0.15) is 11.6 Å². The predicted molar refractivity (Wildman–Crippen MR) is 130 cm³/mol. The Kier molecular flexibility index (Phi) is 7.29. The molecule has 0 radical (unpaired) electrons. The van der Waals surface area contributed by atoms with E-state index in [-0.39, 0.29) is 12.2 Å². The van der Waals surface area contributed by atoms with Crippen LogP contribution in [0.1, 0.15) is 36.2 Å². The SMILES string of the molecule is CNC(=O)N(Cc1ccccc1)C1CCCCN1Cc1nc(-c2ccc(OC)cc2)[nH]c1C. The molecule has 2 heterocycles. The van der Waals surface area contributed by atoms with Gasteiger partial charge in [-0.25, -0.2) is 9.78 Å². The van der Waals surface area contributed by atoms with Crippen LogP contribution in [0.3, 0.4) is 0 Å². The second-order valence-corrected chi connectivity index (χ2v) is 8.50. The number of rotatable bonds is 7. The Morgan fingerprint density at radius 2 is 1.94 bits per heavy atom. The molecule has 0 aliphatic carbocycles. The number of hydrogen-bond acceptors (Lipinski definition) is 4. The smallest absolute Gasteiger partial charge is 0.318 e. The van der Waals surface area contributed by atoms with Gasteiger partial charge < -0.3 is 19.9 Å². The minimum atomic E-state index is -0.0478. The van der Waals surface area contributed by atoms with Gasteiger partial charge >= 0.3 is 6.03 Å². The van der Waals surface area contributed by atoms with Gasteiger partial charge in [0.25, 0.3) is 0 Å². The van der Waals surface area contributed by atoms with Crippen molar-refractivity contribution >= 4 is 6.03 Å². The first-order valence-corrected chi connectivity index (χ1v) is 11.5. The number of H-pyrrole nitrogens is 1. The van der Waals surface area contributed by atoms with Crippen molar-refractivity contribution in [2.45, 2.75) is 45.4 Å². The number of ether oxygens (including phenoxy) is 1. The summed E-state index contributed by atoms with van der Waals surface area (Å²) in [5, 5.41) is 2.84. The number of imidazole rings is 1. The molecule has 1 aliphatic heterocycles. The molecule has 33 heavy (non-hydrogen) atoms. The van der Waals surface area contributed by atoms with E-state index in [9.17, 15) is 4.79 Å². The van der Waals surface area contributed by atoms with Crippen molar-refractivity contribution in [3.63, 3.8) is 0 Å². The lowest BCUT2D eigenvalue weighted by Gasteiger charge is -2.42. The number of methoxy groups -OCH3 is 1. The summed E-state index contributed by atoms with van der Waals surface area (Å²) in [7, 11) is 3.37. The van der Waals surface area contributed by atoms with Gasteiger partial charge in [0, 0.05) is 37.9 Å². The Morgan fingerprint density at radius 3 is 2.64 bits per heavy atom. The normalized spacial score (nSPS) is 16.4. The number of nitrogens with zero attached hydrogens (tertiary/aromatic N) is 3. The summed E-state index contributed by atoms with van der Waals surface area (Å²) < 4.78 is 5.27. The van der Waals surface area contributed by atoms with E-state index in [0.717, 1.165) is 59.9 Å². The number of aryl methyl sites for hydroxylation is 1. The highest BCUT2D eigenvalue weighted by molar-refractivity contribution is 5.74. The van der Waals surface area contributed by atoms with E-state index in [4.69, 9.17) is 9.72 Å². The highest BCUT2D eigenvalue weighted by Crippen LogP contribution is 2.26. The molecule has 2 amide bonds. The van der Waals surface area contributed by atoms with E-state index >= 15 is 0 Å². The fourth-order valence-electron chi connectivity index (χ4n) is 4.48. The number of aromatic nitrogens is 2. The standard InChI is InChI=1S/C26H33N5O2/c1-19-23(29-25(28-19)21-12-14-22(33-3)15-13-21)18-30-16-8-7-11-24(30)31(26(32)27-2)17-20-9-5-4-6-10-20/h4-6,9-10,12-15,24H,7-8,11,16-18H2,1-3H3,(H,27,32)(H,28,29). The van der Waals surface area contributed by atoms with Crippen LogP contribution in [0.25, 0.3) is 11.4 Å². The quantitative estimate of drug-likeness (QED) is 0.557. The third-order valence-corrected chi connectivity index (χ3v) is 6.31. The van der Waals surface area contributed by atoms with Crippen molar-refractivity contribution in [1.29, 1.82) is 0 Å². The number of benzene rings is 2. The molecule has 1 atom stereocenters. The average Bonchev–Trinajstić information content (AvgIpc) is 3.23. The van der Waals surface area contributed by atoms with Gasteiger partial charge in [-0.2, -0.15) is 0 Å². The monoisotopic (exact) mass is 447 g/mol. The number of nitrogens with one attached hydrogen (secondary N) is 2. The number of likely N-dealkylation sites (tertiary alicyclic amines) is 1. The molecule has 7 nitrogen and oxygen atoms in total. The van der Waals surface area contributed by atoms with E-state index in [1.165, 1.54) is 0 Å². The lowest BCUT2D eigenvalue weighted by molar-refractivity contribution is 0.0260. The maximum absolute atomic E-state index is 12.9. The van der Waals surface area contributed by atoms with Gasteiger partial charge in [0.05, 0.1) is 19.0 Å².